The van der Waals surface area contributed by atoms with Gasteiger partial charge in [-0.1, -0.05) is 78.1 Å². The molecule has 1 aliphatic rings. The maximum absolute atomic E-state index is 13.7. The highest BCUT2D eigenvalue weighted by Gasteiger charge is 2.46. The molecule has 1 unspecified atom stereocenters. The number of anilines is 1. The summed E-state index contributed by atoms with van der Waals surface area (Å²) in [6.45, 7) is 20.3. The Bertz CT molecular complexity index is 1150. The third-order valence-electron chi connectivity index (χ3n) is 7.91. The van der Waals surface area contributed by atoms with Crippen molar-refractivity contribution in [2.24, 2.45) is 11.8 Å². The van der Waals surface area contributed by atoms with E-state index in [0.717, 1.165) is 48.8 Å². The van der Waals surface area contributed by atoms with Crippen molar-refractivity contribution in [3.8, 4) is 0 Å². The molecule has 1 aromatic carbocycles. The van der Waals surface area contributed by atoms with Crippen LogP contribution in [0.3, 0.4) is 0 Å². The molecule has 1 saturated carbocycles. The second-order valence-electron chi connectivity index (χ2n) is 11.1. The number of aromatic nitrogens is 2. The number of carbonyl (C=O) groups excluding carboxylic acids is 1. The fourth-order valence-electron chi connectivity index (χ4n) is 5.87. The summed E-state index contributed by atoms with van der Waals surface area (Å²) in [5, 5.41) is 9.70. The number of halogens is 1. The number of hydrogen-bond donors (Lipinski definition) is 2. The number of carbonyl (C=O) groups is 2. The van der Waals surface area contributed by atoms with Gasteiger partial charge in [0.2, 0.25) is 0 Å². The smallest absolute Gasteiger partial charge is 0.303 e. The minimum Gasteiger partial charge on any atom is -0.481 e. The van der Waals surface area contributed by atoms with Gasteiger partial charge in [-0.2, -0.15) is 0 Å². The largest absolute Gasteiger partial charge is 0.481 e. The van der Waals surface area contributed by atoms with Crippen molar-refractivity contribution < 1.29 is 14.7 Å². The van der Waals surface area contributed by atoms with E-state index in [1.165, 1.54) is 6.42 Å². The number of benzene rings is 1. The molecule has 0 bridgehead atoms. The van der Waals surface area contributed by atoms with E-state index in [9.17, 15) is 9.59 Å². The molecule has 0 saturated heterocycles. The van der Waals surface area contributed by atoms with Gasteiger partial charge in [-0.3, -0.25) is 9.59 Å². The number of carboxylic acid groups (broad SMARTS) is 1. The molecule has 2 aromatic rings. The summed E-state index contributed by atoms with van der Waals surface area (Å²) in [7, 11) is 0. The average molecular weight is 586 g/mol. The van der Waals surface area contributed by atoms with Crippen molar-refractivity contribution in [3.63, 3.8) is 0 Å². The van der Waals surface area contributed by atoms with E-state index in [4.69, 9.17) is 27.4 Å². The zero-order valence-electron chi connectivity index (χ0n) is 26.6. The predicted molar refractivity (Wildman–Crippen MR) is 172 cm³/mol. The molecule has 1 fully saturated rings. The van der Waals surface area contributed by atoms with Crippen LogP contribution in [-0.2, 0) is 15.0 Å². The maximum Gasteiger partial charge on any atom is 0.303 e. The van der Waals surface area contributed by atoms with Crippen LogP contribution in [0.25, 0.3) is 5.57 Å². The first-order valence-corrected chi connectivity index (χ1v) is 15.6. The van der Waals surface area contributed by atoms with Crippen LogP contribution in [-0.4, -0.2) is 26.8 Å². The number of nitrogens with zero attached hydrogens (tertiary/aromatic N) is 2. The van der Waals surface area contributed by atoms with E-state index in [-0.39, 0.29) is 18.1 Å². The van der Waals surface area contributed by atoms with Crippen LogP contribution in [0.2, 0.25) is 5.02 Å². The molecule has 0 aliphatic heterocycles. The molecule has 0 radical (unpaired) electrons. The van der Waals surface area contributed by atoms with Gasteiger partial charge in [0, 0.05) is 34.7 Å². The second-order valence-corrected chi connectivity index (χ2v) is 11.5. The van der Waals surface area contributed by atoms with E-state index in [2.05, 4.69) is 25.4 Å². The highest BCUT2D eigenvalue weighted by atomic mass is 35.5. The molecular formula is C34H52ClN3O3. The van der Waals surface area contributed by atoms with Crippen LogP contribution in [0.4, 0.5) is 5.82 Å². The van der Waals surface area contributed by atoms with Gasteiger partial charge in [-0.15, -0.1) is 0 Å². The van der Waals surface area contributed by atoms with Crippen molar-refractivity contribution in [2.45, 2.75) is 119 Å². The summed E-state index contributed by atoms with van der Waals surface area (Å²) < 4.78 is 0. The van der Waals surface area contributed by atoms with E-state index in [1.54, 1.807) is 0 Å². The zero-order valence-corrected chi connectivity index (χ0v) is 27.3. The van der Waals surface area contributed by atoms with E-state index in [1.807, 2.05) is 59.7 Å². The molecule has 1 atom stereocenters. The Morgan fingerprint density at radius 2 is 1.66 bits per heavy atom. The maximum atomic E-state index is 13.7. The summed E-state index contributed by atoms with van der Waals surface area (Å²) >= 11 is 6.12. The van der Waals surface area contributed by atoms with Crippen LogP contribution in [0.1, 0.15) is 128 Å². The van der Waals surface area contributed by atoms with E-state index in [0.29, 0.717) is 46.7 Å². The summed E-state index contributed by atoms with van der Waals surface area (Å²) in [4.78, 5) is 34.1. The highest BCUT2D eigenvalue weighted by Crippen LogP contribution is 2.47. The fourth-order valence-corrected chi connectivity index (χ4v) is 6.10. The number of aliphatic carboxylic acids is 1. The molecule has 41 heavy (non-hydrogen) atoms. The summed E-state index contributed by atoms with van der Waals surface area (Å²) in [6.07, 6.45) is 6.89. The molecule has 228 valence electrons. The molecule has 1 aliphatic carbocycles. The van der Waals surface area contributed by atoms with Crippen LogP contribution in [0.15, 0.2) is 24.8 Å². The lowest BCUT2D eigenvalue weighted by molar-refractivity contribution is -0.137. The molecular weight excluding hydrogens is 534 g/mol. The van der Waals surface area contributed by atoms with Crippen molar-refractivity contribution >= 4 is 34.7 Å². The topological polar surface area (TPSA) is 106 Å². The van der Waals surface area contributed by atoms with Crippen molar-refractivity contribution in [3.05, 3.63) is 58.0 Å². The van der Waals surface area contributed by atoms with Crippen LogP contribution < -0.4 is 5.73 Å². The third kappa shape index (κ3) is 9.39. The Labute approximate surface area is 253 Å². The van der Waals surface area contributed by atoms with Gasteiger partial charge in [-0.25, -0.2) is 9.97 Å². The normalized spacial score (nSPS) is 17.7. The van der Waals surface area contributed by atoms with E-state index < -0.39 is 11.4 Å². The Balaban J connectivity index is 0.00000157. The molecule has 1 aromatic heterocycles. The number of aryl methyl sites for hydroxylation is 2. The van der Waals surface area contributed by atoms with Crippen LogP contribution >= 0.6 is 11.6 Å². The summed E-state index contributed by atoms with van der Waals surface area (Å²) in [5.41, 5.74) is 9.76. The number of nitrogen functional groups attached to an aromatic ring is 1. The average Bonchev–Trinajstić information content (AvgIpc) is 2.93. The van der Waals surface area contributed by atoms with Gasteiger partial charge < -0.3 is 10.8 Å². The Morgan fingerprint density at radius 3 is 2.15 bits per heavy atom. The lowest BCUT2D eigenvalue weighted by Gasteiger charge is -2.42. The zero-order chi connectivity index (χ0) is 31.3. The van der Waals surface area contributed by atoms with Crippen LogP contribution in [0.5, 0.6) is 0 Å². The van der Waals surface area contributed by atoms with Gasteiger partial charge in [0.1, 0.15) is 11.6 Å². The number of carboxylic acids is 1. The van der Waals surface area contributed by atoms with Crippen LogP contribution in [0, 0.1) is 25.7 Å². The Hall–Kier alpha value is -2.73. The first kappa shape index (κ1) is 36.3. The molecule has 7 heteroatoms. The molecule has 3 rings (SSSR count). The molecule has 0 amide bonds. The number of nitrogens with two attached hydrogens (primary N) is 1. The Kier molecular flexibility index (Phi) is 15.3. The molecule has 6 nitrogen and oxygen atoms in total. The van der Waals surface area contributed by atoms with Gasteiger partial charge >= 0.3 is 5.97 Å². The van der Waals surface area contributed by atoms with Crippen molar-refractivity contribution in [1.82, 2.24) is 9.97 Å². The Morgan fingerprint density at radius 1 is 1.07 bits per heavy atom. The predicted octanol–water partition coefficient (Wildman–Crippen LogP) is 9.13. The first-order chi connectivity index (χ1) is 19.4. The first-order valence-electron chi connectivity index (χ1n) is 15.3. The molecule has 0 spiro atoms. The van der Waals surface area contributed by atoms with Gasteiger partial charge in [-0.05, 0) is 81.5 Å². The van der Waals surface area contributed by atoms with Gasteiger partial charge in [0.15, 0.2) is 5.82 Å². The number of ketones is 1. The van der Waals surface area contributed by atoms with Gasteiger partial charge in [0.25, 0.3) is 0 Å². The second kappa shape index (κ2) is 17.3. The molecule has 1 heterocycles. The van der Waals surface area contributed by atoms with Gasteiger partial charge in [0.05, 0.1) is 5.41 Å². The number of rotatable bonds is 10. The number of hydrogen-bond acceptors (Lipinski definition) is 5. The van der Waals surface area contributed by atoms with E-state index >= 15 is 0 Å². The number of Topliss-reactive ketones (excluding diaryl/α,β-unsaturated/α-hetero) is 1. The lowest BCUT2D eigenvalue weighted by Crippen LogP contribution is -2.43. The summed E-state index contributed by atoms with van der Waals surface area (Å²) in [6, 6.07) is 5.59. The monoisotopic (exact) mass is 585 g/mol. The third-order valence-corrected chi connectivity index (χ3v) is 8.14. The lowest BCUT2D eigenvalue weighted by atomic mass is 9.61. The summed E-state index contributed by atoms with van der Waals surface area (Å²) in [5.74, 6) is 0.668. The van der Waals surface area contributed by atoms with Crippen molar-refractivity contribution in [2.75, 3.05) is 5.73 Å². The SMILES string of the molecule is C=C(c1nc(C)c(C(C)(C(=O)CCC)C2CCC(CCC(=O)O)CC2)c(N)n1)c1ccc(Cl)cc1C.CC.CCC. The fraction of sp³-hybridized carbons (Fsp3) is 0.588. The standard InChI is InChI=1S/C29H38ClN3O3.C3H8.C2H6/c1-6-7-24(34)29(5,21-11-8-20(9-12-21)10-15-25(35)36)26-19(4)32-28(33-27(26)31)18(3)23-14-13-22(30)16-17(23)2;1-3-2;1-2/h13-14,16,20-21H,3,6-12,15H2,1-2,4-5H3,(H,35,36)(H2,31,32,33);3H2,1-2H3;1-2H3. The minimum absolute atomic E-state index is 0.106. The quantitative estimate of drug-likeness (QED) is 0.288. The van der Waals surface area contributed by atoms with Crippen molar-refractivity contribution in [1.29, 1.82) is 0 Å². The highest BCUT2D eigenvalue weighted by molar-refractivity contribution is 6.30. The minimum atomic E-state index is -0.794. The molecule has 3 N–H and O–H groups in total.